The molecule has 4 nitrogen and oxygen atoms in total. The van der Waals surface area contributed by atoms with Crippen molar-refractivity contribution < 1.29 is 14.7 Å². The van der Waals surface area contributed by atoms with Crippen LogP contribution in [0.3, 0.4) is 0 Å². The van der Waals surface area contributed by atoms with Crippen LogP contribution < -0.4 is 0 Å². The van der Waals surface area contributed by atoms with Crippen molar-refractivity contribution in [3.63, 3.8) is 0 Å². The Morgan fingerprint density at radius 2 is 1.86 bits per heavy atom. The number of nitrogens with zero attached hydrogens (tertiary/aromatic N) is 1. The molecule has 1 N–H and O–H groups in total. The van der Waals surface area contributed by atoms with Crippen molar-refractivity contribution in [3.05, 3.63) is 35.4 Å². The highest BCUT2D eigenvalue weighted by molar-refractivity contribution is 5.89. The van der Waals surface area contributed by atoms with Gasteiger partial charge in [-0.15, -0.1) is 0 Å². The van der Waals surface area contributed by atoms with Crippen molar-refractivity contribution in [3.8, 4) is 0 Å². The van der Waals surface area contributed by atoms with Crippen molar-refractivity contribution in [1.82, 2.24) is 4.90 Å². The average Bonchev–Trinajstić information content (AvgIpc) is 2.99. The van der Waals surface area contributed by atoms with Gasteiger partial charge >= 0.3 is 5.97 Å². The molecule has 0 atom stereocenters. The zero-order valence-electron chi connectivity index (χ0n) is 13.4. The van der Waals surface area contributed by atoms with Crippen LogP contribution >= 0.6 is 0 Å². The summed E-state index contributed by atoms with van der Waals surface area (Å²) in [5.74, 6) is -0.790. The van der Waals surface area contributed by atoms with Crippen molar-refractivity contribution in [2.45, 2.75) is 64.5 Å². The fraction of sp³-hybridized carbons (Fsp3) is 0.556. The minimum atomic E-state index is -0.931. The topological polar surface area (TPSA) is 57.6 Å². The number of hydrogen-bond donors (Lipinski definition) is 1. The molecule has 4 heteroatoms. The Hall–Kier alpha value is -1.84. The van der Waals surface area contributed by atoms with Gasteiger partial charge in [-0.1, -0.05) is 31.0 Å². The van der Waals surface area contributed by atoms with E-state index in [9.17, 15) is 14.7 Å². The molecule has 1 aromatic carbocycles. The molecule has 120 valence electrons. The highest BCUT2D eigenvalue weighted by Crippen LogP contribution is 2.26. The first-order valence-electron chi connectivity index (χ1n) is 8.13. The number of amides is 1. The number of hydrogen-bond acceptors (Lipinski definition) is 2. The molecule has 1 fully saturated rings. The molecule has 0 saturated heterocycles. The number of aryl methyl sites for hydroxylation is 1. The van der Waals surface area contributed by atoms with Crippen LogP contribution in [0.5, 0.6) is 0 Å². The predicted octanol–water partition coefficient (Wildman–Crippen LogP) is 3.50. The molecule has 0 aromatic heterocycles. The van der Waals surface area contributed by atoms with E-state index in [1.54, 1.807) is 18.2 Å². The van der Waals surface area contributed by atoms with Gasteiger partial charge in [0.05, 0.1) is 5.56 Å². The van der Waals surface area contributed by atoms with E-state index in [0.717, 1.165) is 18.4 Å². The minimum absolute atomic E-state index is 0.141. The fourth-order valence-electron chi connectivity index (χ4n) is 3.41. The van der Waals surface area contributed by atoms with Gasteiger partial charge in [-0.3, -0.25) is 4.79 Å². The zero-order chi connectivity index (χ0) is 16.1. The van der Waals surface area contributed by atoms with Gasteiger partial charge in [0.25, 0.3) is 0 Å². The molecule has 1 amide bonds. The maximum atomic E-state index is 12.6. The summed E-state index contributed by atoms with van der Waals surface area (Å²) in [6.07, 6.45) is 5.44. The van der Waals surface area contributed by atoms with E-state index < -0.39 is 5.97 Å². The van der Waals surface area contributed by atoms with Crippen LogP contribution in [0.1, 0.15) is 61.9 Å². The Labute approximate surface area is 132 Å². The Morgan fingerprint density at radius 1 is 1.23 bits per heavy atom. The molecule has 1 aliphatic rings. The number of benzene rings is 1. The van der Waals surface area contributed by atoms with Crippen LogP contribution in [0.2, 0.25) is 0 Å². The molecule has 0 heterocycles. The van der Waals surface area contributed by atoms with Gasteiger partial charge in [-0.2, -0.15) is 0 Å². The first-order chi connectivity index (χ1) is 10.5. The summed E-state index contributed by atoms with van der Waals surface area (Å²) in [5.41, 5.74) is 1.03. The lowest BCUT2D eigenvalue weighted by molar-refractivity contribution is -0.135. The first kappa shape index (κ1) is 16.5. The van der Waals surface area contributed by atoms with E-state index in [0.29, 0.717) is 24.4 Å². The Bertz CT molecular complexity index is 533. The molecule has 0 bridgehead atoms. The summed E-state index contributed by atoms with van der Waals surface area (Å²) in [6.45, 7) is 4.11. The normalized spacial score (nSPS) is 15.2. The number of carboxylic acid groups (broad SMARTS) is 1. The van der Waals surface area contributed by atoms with Gasteiger partial charge in [0.1, 0.15) is 0 Å². The van der Waals surface area contributed by atoms with Gasteiger partial charge in [0, 0.05) is 18.5 Å². The molecule has 0 unspecified atom stereocenters. The van der Waals surface area contributed by atoms with Crippen LogP contribution in [-0.2, 0) is 11.2 Å². The third kappa shape index (κ3) is 3.87. The third-order valence-corrected chi connectivity index (χ3v) is 4.42. The summed E-state index contributed by atoms with van der Waals surface area (Å²) < 4.78 is 0. The number of carbonyl (C=O) groups excluding carboxylic acids is 1. The van der Waals surface area contributed by atoms with Gasteiger partial charge in [0.2, 0.25) is 5.91 Å². The molecule has 2 rings (SSSR count). The van der Waals surface area contributed by atoms with Gasteiger partial charge in [0.15, 0.2) is 0 Å². The van der Waals surface area contributed by atoms with E-state index in [1.807, 2.05) is 11.0 Å². The summed E-state index contributed by atoms with van der Waals surface area (Å²) in [5, 5.41) is 9.21. The van der Waals surface area contributed by atoms with Crippen molar-refractivity contribution in [2.24, 2.45) is 0 Å². The SMILES string of the molecule is CC(C)N(C(=O)CCc1ccccc1C(=O)O)C1CCCC1. The Morgan fingerprint density at radius 3 is 2.45 bits per heavy atom. The van der Waals surface area contributed by atoms with Gasteiger partial charge in [-0.25, -0.2) is 4.79 Å². The van der Waals surface area contributed by atoms with Crippen LogP contribution in [0, 0.1) is 0 Å². The quantitative estimate of drug-likeness (QED) is 0.875. The fourth-order valence-corrected chi connectivity index (χ4v) is 3.41. The van der Waals surface area contributed by atoms with Gasteiger partial charge < -0.3 is 10.0 Å². The van der Waals surface area contributed by atoms with Crippen LogP contribution in [0.4, 0.5) is 0 Å². The lowest BCUT2D eigenvalue weighted by atomic mass is 10.0. The average molecular weight is 303 g/mol. The second-order valence-electron chi connectivity index (χ2n) is 6.30. The van der Waals surface area contributed by atoms with Crippen molar-refractivity contribution in [1.29, 1.82) is 0 Å². The van der Waals surface area contributed by atoms with Crippen LogP contribution in [0.15, 0.2) is 24.3 Å². The summed E-state index contributed by atoms with van der Waals surface area (Å²) in [7, 11) is 0. The summed E-state index contributed by atoms with van der Waals surface area (Å²) >= 11 is 0. The summed E-state index contributed by atoms with van der Waals surface area (Å²) in [6, 6.07) is 7.50. The van der Waals surface area contributed by atoms with Crippen molar-refractivity contribution in [2.75, 3.05) is 0 Å². The zero-order valence-corrected chi connectivity index (χ0v) is 13.4. The van der Waals surface area contributed by atoms with E-state index >= 15 is 0 Å². The standard InChI is InChI=1S/C18H25NO3/c1-13(2)19(15-8-4-5-9-15)17(20)12-11-14-7-3-6-10-16(14)18(21)22/h3,6-7,10,13,15H,4-5,8-9,11-12H2,1-2H3,(H,21,22). The lowest BCUT2D eigenvalue weighted by Gasteiger charge is -2.33. The highest BCUT2D eigenvalue weighted by Gasteiger charge is 2.28. The second kappa shape index (κ2) is 7.43. The molecule has 0 radical (unpaired) electrons. The second-order valence-corrected chi connectivity index (χ2v) is 6.30. The van der Waals surface area contributed by atoms with E-state index in [1.165, 1.54) is 12.8 Å². The number of aromatic carboxylic acids is 1. The maximum Gasteiger partial charge on any atom is 0.335 e. The van der Waals surface area contributed by atoms with E-state index in [2.05, 4.69) is 13.8 Å². The number of rotatable bonds is 6. The molecule has 1 aromatic rings. The maximum absolute atomic E-state index is 12.6. The Kier molecular flexibility index (Phi) is 5.58. The summed E-state index contributed by atoms with van der Waals surface area (Å²) in [4.78, 5) is 25.8. The molecular weight excluding hydrogens is 278 g/mol. The number of carbonyl (C=O) groups is 2. The minimum Gasteiger partial charge on any atom is -0.478 e. The largest absolute Gasteiger partial charge is 0.478 e. The first-order valence-corrected chi connectivity index (χ1v) is 8.13. The van der Waals surface area contributed by atoms with E-state index in [4.69, 9.17) is 0 Å². The molecular formula is C18H25NO3. The lowest BCUT2D eigenvalue weighted by Crippen LogP contribution is -2.43. The predicted molar refractivity (Wildman–Crippen MR) is 86.0 cm³/mol. The van der Waals surface area contributed by atoms with Crippen molar-refractivity contribution >= 4 is 11.9 Å². The van der Waals surface area contributed by atoms with Gasteiger partial charge in [-0.05, 0) is 44.7 Å². The smallest absolute Gasteiger partial charge is 0.335 e. The highest BCUT2D eigenvalue weighted by atomic mass is 16.4. The molecule has 1 saturated carbocycles. The molecule has 1 aliphatic carbocycles. The third-order valence-electron chi connectivity index (χ3n) is 4.42. The monoisotopic (exact) mass is 303 g/mol. The molecule has 22 heavy (non-hydrogen) atoms. The molecule has 0 aliphatic heterocycles. The Balaban J connectivity index is 2.03. The van der Waals surface area contributed by atoms with Crippen LogP contribution in [-0.4, -0.2) is 34.0 Å². The number of carboxylic acids is 1. The molecule has 0 spiro atoms. The van der Waals surface area contributed by atoms with E-state index in [-0.39, 0.29) is 11.9 Å². The van der Waals surface area contributed by atoms with Crippen LogP contribution in [0.25, 0.3) is 0 Å².